The van der Waals surface area contributed by atoms with Gasteiger partial charge in [-0.25, -0.2) is 4.68 Å². The lowest BCUT2D eigenvalue weighted by Gasteiger charge is -2.27. The van der Waals surface area contributed by atoms with Gasteiger partial charge < -0.3 is 4.90 Å². The van der Waals surface area contributed by atoms with Crippen molar-refractivity contribution >= 4 is 5.69 Å². The van der Waals surface area contributed by atoms with Crippen LogP contribution in [-0.4, -0.2) is 26.2 Å². The van der Waals surface area contributed by atoms with Crippen molar-refractivity contribution in [2.75, 3.05) is 4.90 Å². The Morgan fingerprint density at radius 1 is 1.14 bits per heavy atom. The highest BCUT2D eigenvalue weighted by Gasteiger charge is 2.28. The molecule has 116 valence electrons. The number of benzene rings is 1. The van der Waals surface area contributed by atoms with E-state index in [1.54, 1.807) is 0 Å². The average molecular weight is 297 g/mol. The predicted octanol–water partition coefficient (Wildman–Crippen LogP) is 3.13. The van der Waals surface area contributed by atoms with E-state index in [4.69, 9.17) is 0 Å². The van der Waals surface area contributed by atoms with Crippen molar-refractivity contribution in [1.29, 1.82) is 0 Å². The molecule has 1 fully saturated rings. The first kappa shape index (κ1) is 13.7. The molecule has 1 aliphatic carbocycles. The maximum Gasteiger partial charge on any atom is 0.170 e. The second-order valence-corrected chi connectivity index (χ2v) is 6.64. The molecule has 0 saturated heterocycles. The summed E-state index contributed by atoms with van der Waals surface area (Å²) in [5.41, 5.74) is 2.78. The molecule has 1 atom stereocenters. The summed E-state index contributed by atoms with van der Waals surface area (Å²) < 4.78 is 2.09. The van der Waals surface area contributed by atoms with Crippen LogP contribution in [0, 0.1) is 0 Å². The quantitative estimate of drug-likeness (QED) is 0.873. The molecule has 0 radical (unpaired) electrons. The highest BCUT2D eigenvalue weighted by atomic mass is 15.6. The van der Waals surface area contributed by atoms with Gasteiger partial charge in [0.25, 0.3) is 0 Å². The average Bonchev–Trinajstić information content (AvgIpc) is 3.14. The molecule has 1 saturated carbocycles. The van der Waals surface area contributed by atoms with Crippen LogP contribution < -0.4 is 4.90 Å². The summed E-state index contributed by atoms with van der Waals surface area (Å²) in [6.45, 7) is 3.09. The fourth-order valence-corrected chi connectivity index (χ4v) is 3.95. The topological polar surface area (TPSA) is 46.8 Å². The maximum absolute atomic E-state index is 4.32. The Morgan fingerprint density at radius 3 is 2.82 bits per heavy atom. The van der Waals surface area contributed by atoms with Crippen LogP contribution in [0.5, 0.6) is 0 Å². The van der Waals surface area contributed by atoms with Gasteiger partial charge in [-0.1, -0.05) is 37.5 Å². The molecule has 5 heteroatoms. The van der Waals surface area contributed by atoms with Crippen LogP contribution in [0.1, 0.15) is 56.5 Å². The van der Waals surface area contributed by atoms with Crippen LogP contribution in [0.15, 0.2) is 24.3 Å². The first-order valence-corrected chi connectivity index (χ1v) is 8.44. The molecule has 1 aromatic heterocycles. The van der Waals surface area contributed by atoms with Crippen LogP contribution in [0.3, 0.4) is 0 Å². The third kappa shape index (κ3) is 2.38. The first-order chi connectivity index (χ1) is 10.8. The fraction of sp³-hybridized carbons (Fsp3) is 0.588. The predicted molar refractivity (Wildman–Crippen MR) is 85.7 cm³/mol. The van der Waals surface area contributed by atoms with Crippen LogP contribution in [-0.2, 0) is 13.0 Å². The first-order valence-electron chi connectivity index (χ1n) is 8.44. The van der Waals surface area contributed by atoms with Gasteiger partial charge in [-0.2, -0.15) is 0 Å². The SMILES string of the molecule is CC1Cc2ccccc2N1Cc1nnnn1C1CCCCC1. The zero-order valence-corrected chi connectivity index (χ0v) is 13.1. The van der Waals surface area contributed by atoms with Crippen LogP contribution in [0.25, 0.3) is 0 Å². The summed E-state index contributed by atoms with van der Waals surface area (Å²) in [5, 5.41) is 12.6. The van der Waals surface area contributed by atoms with E-state index in [0.29, 0.717) is 12.1 Å². The molecule has 0 amide bonds. The van der Waals surface area contributed by atoms with Crippen LogP contribution in [0.4, 0.5) is 5.69 Å². The zero-order valence-electron chi connectivity index (χ0n) is 13.1. The minimum atomic E-state index is 0.493. The molecule has 4 rings (SSSR count). The van der Waals surface area contributed by atoms with Gasteiger partial charge in [0, 0.05) is 11.7 Å². The molecule has 2 heterocycles. The van der Waals surface area contributed by atoms with Crippen LogP contribution in [0.2, 0.25) is 0 Å². The molecular weight excluding hydrogens is 274 g/mol. The van der Waals surface area contributed by atoms with E-state index in [9.17, 15) is 0 Å². The molecule has 1 aliphatic heterocycles. The van der Waals surface area contributed by atoms with Crippen molar-refractivity contribution in [3.63, 3.8) is 0 Å². The second-order valence-electron chi connectivity index (χ2n) is 6.64. The van der Waals surface area contributed by atoms with E-state index in [0.717, 1.165) is 18.8 Å². The lowest BCUT2D eigenvalue weighted by molar-refractivity contribution is 0.316. The Morgan fingerprint density at radius 2 is 1.95 bits per heavy atom. The van der Waals surface area contributed by atoms with Gasteiger partial charge >= 0.3 is 0 Å². The molecule has 5 nitrogen and oxygen atoms in total. The van der Waals surface area contributed by atoms with Crippen LogP contribution >= 0.6 is 0 Å². The molecule has 0 spiro atoms. The third-order valence-corrected chi connectivity index (χ3v) is 5.14. The van der Waals surface area contributed by atoms with E-state index in [1.165, 1.54) is 43.4 Å². The number of rotatable bonds is 3. The normalized spacial score (nSPS) is 22.0. The molecule has 2 aromatic rings. The van der Waals surface area contributed by atoms with Gasteiger partial charge in [0.2, 0.25) is 0 Å². The van der Waals surface area contributed by atoms with Crippen molar-refractivity contribution in [3.8, 4) is 0 Å². The van der Waals surface area contributed by atoms with Gasteiger partial charge in [0.05, 0.1) is 12.6 Å². The van der Waals surface area contributed by atoms with Gasteiger partial charge in [-0.15, -0.1) is 5.10 Å². The van der Waals surface area contributed by atoms with Gasteiger partial charge in [0.15, 0.2) is 5.82 Å². The number of anilines is 1. The van der Waals surface area contributed by atoms with Crippen molar-refractivity contribution in [1.82, 2.24) is 20.2 Å². The van der Waals surface area contributed by atoms with Crippen molar-refractivity contribution in [2.24, 2.45) is 0 Å². The number of hydrogen-bond donors (Lipinski definition) is 0. The number of aromatic nitrogens is 4. The lowest BCUT2D eigenvalue weighted by atomic mass is 9.95. The summed E-state index contributed by atoms with van der Waals surface area (Å²) >= 11 is 0. The van der Waals surface area contributed by atoms with E-state index in [-0.39, 0.29) is 0 Å². The fourth-order valence-electron chi connectivity index (χ4n) is 3.95. The third-order valence-electron chi connectivity index (χ3n) is 5.14. The molecule has 0 bridgehead atoms. The summed E-state index contributed by atoms with van der Waals surface area (Å²) in [7, 11) is 0. The molecule has 1 unspecified atom stereocenters. The van der Waals surface area contributed by atoms with Crippen molar-refractivity contribution in [2.45, 2.75) is 64.1 Å². The number of para-hydroxylation sites is 1. The highest BCUT2D eigenvalue weighted by molar-refractivity contribution is 5.59. The van der Waals surface area contributed by atoms with Crippen molar-refractivity contribution < 1.29 is 0 Å². The maximum atomic E-state index is 4.32. The molecule has 0 N–H and O–H groups in total. The number of nitrogens with zero attached hydrogens (tertiary/aromatic N) is 5. The molecule has 22 heavy (non-hydrogen) atoms. The van der Waals surface area contributed by atoms with E-state index >= 15 is 0 Å². The number of tetrazole rings is 1. The summed E-state index contributed by atoms with van der Waals surface area (Å²) in [6.07, 6.45) is 7.49. The Hall–Kier alpha value is -1.91. The minimum absolute atomic E-state index is 0.493. The van der Waals surface area contributed by atoms with E-state index < -0.39 is 0 Å². The minimum Gasteiger partial charge on any atom is -0.361 e. The van der Waals surface area contributed by atoms with Gasteiger partial charge in [-0.3, -0.25) is 0 Å². The number of fused-ring (bicyclic) bond motifs is 1. The van der Waals surface area contributed by atoms with Crippen molar-refractivity contribution in [3.05, 3.63) is 35.7 Å². The monoisotopic (exact) mass is 297 g/mol. The van der Waals surface area contributed by atoms with E-state index in [2.05, 4.69) is 56.3 Å². The second kappa shape index (κ2) is 5.71. The Kier molecular flexibility index (Phi) is 3.56. The molecule has 2 aliphatic rings. The summed E-state index contributed by atoms with van der Waals surface area (Å²) in [6, 6.07) is 9.69. The highest BCUT2D eigenvalue weighted by Crippen LogP contribution is 2.34. The Labute approximate surface area is 131 Å². The van der Waals surface area contributed by atoms with Gasteiger partial charge in [-0.05, 0) is 48.2 Å². The Bertz CT molecular complexity index is 644. The standard InChI is InChI=1S/C17H23N5/c1-13-11-14-7-5-6-10-16(14)21(13)12-17-18-19-20-22(17)15-8-3-2-4-9-15/h5-7,10,13,15H,2-4,8-9,11-12H2,1H3. The smallest absolute Gasteiger partial charge is 0.170 e. The van der Waals surface area contributed by atoms with Gasteiger partial charge in [0.1, 0.15) is 0 Å². The zero-order chi connectivity index (χ0) is 14.9. The van der Waals surface area contributed by atoms with E-state index in [1.807, 2.05) is 0 Å². The summed E-state index contributed by atoms with van der Waals surface area (Å²) in [4.78, 5) is 2.44. The lowest BCUT2D eigenvalue weighted by Crippen LogP contribution is -2.31. The Balaban J connectivity index is 1.58. The molecular formula is C17H23N5. The largest absolute Gasteiger partial charge is 0.361 e. The molecule has 1 aromatic carbocycles. The summed E-state index contributed by atoms with van der Waals surface area (Å²) in [5.74, 6) is 1.01. The number of hydrogen-bond acceptors (Lipinski definition) is 4.